The highest BCUT2D eigenvalue weighted by molar-refractivity contribution is 5.75. The highest BCUT2D eigenvalue weighted by Gasteiger charge is 2.12. The van der Waals surface area contributed by atoms with Crippen LogP contribution in [0.25, 0.3) is 0 Å². The number of hydrogen-bond donors (Lipinski definition) is 1. The summed E-state index contributed by atoms with van der Waals surface area (Å²) in [7, 11) is 0. The Balaban J connectivity index is 0. The third-order valence-corrected chi connectivity index (χ3v) is 0.908. The summed E-state index contributed by atoms with van der Waals surface area (Å²) in [6, 6.07) is 0. The molecule has 0 amide bonds. The molecule has 0 fully saturated rings. The zero-order valence-corrected chi connectivity index (χ0v) is 6.23. The maximum absolute atomic E-state index is 8.89. The number of aliphatic hydroxyl groups excluding tert-OH is 1. The van der Waals surface area contributed by atoms with E-state index in [9.17, 15) is 0 Å². The van der Waals surface area contributed by atoms with E-state index < -0.39 is 0 Å². The lowest BCUT2D eigenvalue weighted by Crippen LogP contribution is -2.13. The van der Waals surface area contributed by atoms with Gasteiger partial charge in [-0.15, -0.1) is 0 Å². The third kappa shape index (κ3) is 12.0. The molecule has 0 aromatic carbocycles. The molecule has 1 N–H and O–H groups in total. The maximum Gasteiger partial charge on any atom is 0.316 e. The molecule has 0 aromatic rings. The molecule has 0 heterocycles. The van der Waals surface area contributed by atoms with Crippen molar-refractivity contribution in [1.82, 2.24) is 0 Å². The van der Waals surface area contributed by atoms with Gasteiger partial charge in [-0.25, -0.2) is 0 Å². The molecule has 0 saturated heterocycles. The summed E-state index contributed by atoms with van der Waals surface area (Å²) in [5, 5.41) is 8.89. The molecular formula is C7H18MgO. The fourth-order valence-corrected chi connectivity index (χ4v) is 0.886. The van der Waals surface area contributed by atoms with Crippen molar-refractivity contribution >= 4 is 23.1 Å². The third-order valence-electron chi connectivity index (χ3n) is 0.908. The van der Waals surface area contributed by atoms with E-state index in [4.69, 9.17) is 5.11 Å². The lowest BCUT2D eigenvalue weighted by Gasteiger charge is -2.19. The van der Waals surface area contributed by atoms with Crippen LogP contribution < -0.4 is 0 Å². The van der Waals surface area contributed by atoms with E-state index in [0.29, 0.717) is 0 Å². The van der Waals surface area contributed by atoms with Crippen LogP contribution in [0.2, 0.25) is 0 Å². The molecule has 1 nitrogen and oxygen atoms in total. The minimum Gasteiger partial charge on any atom is -0.393 e. The minimum absolute atomic E-state index is 0. The van der Waals surface area contributed by atoms with E-state index in [1.54, 1.807) is 0 Å². The summed E-state index contributed by atoms with van der Waals surface area (Å²) >= 11 is 0. The van der Waals surface area contributed by atoms with Gasteiger partial charge in [0.15, 0.2) is 0 Å². The first kappa shape index (κ1) is 12.4. The molecule has 0 radical (unpaired) electrons. The molecule has 1 unspecified atom stereocenters. The van der Waals surface area contributed by atoms with E-state index in [2.05, 4.69) is 20.8 Å². The van der Waals surface area contributed by atoms with E-state index in [1.807, 2.05) is 6.92 Å². The molecule has 0 rings (SSSR count). The van der Waals surface area contributed by atoms with Crippen molar-refractivity contribution in [3.63, 3.8) is 0 Å². The molecule has 0 aliphatic heterocycles. The second kappa shape index (κ2) is 4.53. The van der Waals surface area contributed by atoms with Crippen LogP contribution in [0, 0.1) is 5.41 Å². The van der Waals surface area contributed by atoms with Crippen molar-refractivity contribution in [2.75, 3.05) is 0 Å². The first-order valence-corrected chi connectivity index (χ1v) is 3.10. The quantitative estimate of drug-likeness (QED) is 0.539. The number of hydrogen-bond acceptors (Lipinski definition) is 1. The van der Waals surface area contributed by atoms with Crippen LogP contribution >= 0.6 is 0 Å². The average molecular weight is 143 g/mol. The Labute approximate surface area is 74.0 Å². The summed E-state index contributed by atoms with van der Waals surface area (Å²) in [6.45, 7) is 8.20. The fraction of sp³-hybridized carbons (Fsp3) is 1.00. The van der Waals surface area contributed by atoms with Crippen molar-refractivity contribution in [2.45, 2.75) is 40.2 Å². The van der Waals surface area contributed by atoms with Crippen molar-refractivity contribution in [3.8, 4) is 0 Å². The topological polar surface area (TPSA) is 20.2 Å². The van der Waals surface area contributed by atoms with E-state index in [0.717, 1.165) is 6.42 Å². The van der Waals surface area contributed by atoms with Gasteiger partial charge in [-0.3, -0.25) is 0 Å². The lowest BCUT2D eigenvalue weighted by molar-refractivity contribution is 0.138. The SMILES string of the molecule is CC(O)CC(C)(C)C.[MgH2]. The molecular weight excluding hydrogens is 124 g/mol. The van der Waals surface area contributed by atoms with Gasteiger partial charge >= 0.3 is 23.1 Å². The normalized spacial score (nSPS) is 14.3. The van der Waals surface area contributed by atoms with Gasteiger partial charge in [0.2, 0.25) is 0 Å². The molecule has 9 heavy (non-hydrogen) atoms. The van der Waals surface area contributed by atoms with Gasteiger partial charge in [-0.1, -0.05) is 20.8 Å². The summed E-state index contributed by atoms with van der Waals surface area (Å²) < 4.78 is 0. The Kier molecular flexibility index (Phi) is 6.24. The zero-order chi connectivity index (χ0) is 6.78. The van der Waals surface area contributed by atoms with Gasteiger partial charge < -0.3 is 5.11 Å². The van der Waals surface area contributed by atoms with Crippen molar-refractivity contribution in [3.05, 3.63) is 0 Å². The van der Waals surface area contributed by atoms with E-state index in [-0.39, 0.29) is 34.6 Å². The van der Waals surface area contributed by atoms with Crippen LogP contribution in [0.3, 0.4) is 0 Å². The fourth-order valence-electron chi connectivity index (χ4n) is 0.886. The summed E-state index contributed by atoms with van der Waals surface area (Å²) in [5.41, 5.74) is 0.272. The summed E-state index contributed by atoms with van der Waals surface area (Å²) in [4.78, 5) is 0. The average Bonchev–Trinajstić information content (AvgIpc) is 1.21. The van der Waals surface area contributed by atoms with Gasteiger partial charge in [-0.2, -0.15) is 0 Å². The van der Waals surface area contributed by atoms with Crippen LogP contribution in [0.15, 0.2) is 0 Å². The van der Waals surface area contributed by atoms with Crippen LogP contribution in [0.4, 0.5) is 0 Å². The van der Waals surface area contributed by atoms with Crippen LogP contribution in [-0.4, -0.2) is 34.3 Å². The minimum atomic E-state index is -0.157. The van der Waals surface area contributed by atoms with Gasteiger partial charge in [0.25, 0.3) is 0 Å². The van der Waals surface area contributed by atoms with Crippen LogP contribution in [0.1, 0.15) is 34.1 Å². The Morgan fingerprint density at radius 3 is 1.67 bits per heavy atom. The summed E-state index contributed by atoms with van der Waals surface area (Å²) in [5.74, 6) is 0. The zero-order valence-electron chi connectivity index (χ0n) is 6.23. The monoisotopic (exact) mass is 142 g/mol. The predicted molar refractivity (Wildman–Crippen MR) is 44.3 cm³/mol. The predicted octanol–water partition coefficient (Wildman–Crippen LogP) is 0.887. The van der Waals surface area contributed by atoms with Crippen molar-refractivity contribution < 1.29 is 5.11 Å². The first-order valence-electron chi connectivity index (χ1n) is 3.10. The van der Waals surface area contributed by atoms with E-state index in [1.165, 1.54) is 0 Å². The standard InChI is InChI=1S/C7H16O.Mg.2H/c1-6(8)5-7(2,3)4;;;/h6,8H,5H2,1-4H3;;;. The highest BCUT2D eigenvalue weighted by atomic mass is 24.3. The molecule has 0 bridgehead atoms. The Hall–Kier alpha value is 0.726. The second-order valence-electron chi connectivity index (χ2n) is 3.61. The molecule has 54 valence electrons. The maximum atomic E-state index is 8.89. The number of aliphatic hydroxyl groups is 1. The van der Waals surface area contributed by atoms with Crippen LogP contribution in [0.5, 0.6) is 0 Å². The van der Waals surface area contributed by atoms with Crippen molar-refractivity contribution in [1.29, 1.82) is 0 Å². The molecule has 0 saturated carbocycles. The first-order chi connectivity index (χ1) is 3.42. The second-order valence-corrected chi connectivity index (χ2v) is 3.61. The Morgan fingerprint density at radius 2 is 1.67 bits per heavy atom. The highest BCUT2D eigenvalue weighted by Crippen LogP contribution is 2.19. The largest absolute Gasteiger partial charge is 0.393 e. The van der Waals surface area contributed by atoms with Gasteiger partial charge in [0.05, 0.1) is 6.10 Å². The van der Waals surface area contributed by atoms with E-state index >= 15 is 0 Å². The molecule has 0 aliphatic carbocycles. The molecule has 1 atom stereocenters. The van der Waals surface area contributed by atoms with Crippen LogP contribution in [-0.2, 0) is 0 Å². The summed E-state index contributed by atoms with van der Waals surface area (Å²) in [6.07, 6.45) is 0.725. The molecule has 0 spiro atoms. The Bertz CT molecular complexity index is 63.8. The smallest absolute Gasteiger partial charge is 0.316 e. The molecule has 0 aliphatic rings. The molecule has 2 heteroatoms. The lowest BCUT2D eigenvalue weighted by atomic mass is 9.90. The molecule has 0 aromatic heterocycles. The van der Waals surface area contributed by atoms with Crippen molar-refractivity contribution in [2.24, 2.45) is 5.41 Å². The number of rotatable bonds is 1. The van der Waals surface area contributed by atoms with Gasteiger partial charge in [0.1, 0.15) is 0 Å². The Morgan fingerprint density at radius 1 is 1.33 bits per heavy atom. The van der Waals surface area contributed by atoms with Gasteiger partial charge in [-0.05, 0) is 18.8 Å². The van der Waals surface area contributed by atoms with Gasteiger partial charge in [0, 0.05) is 0 Å².